The molecule has 0 aromatic heterocycles. The maximum absolute atomic E-state index is 12.8. The van der Waals surface area contributed by atoms with E-state index in [1.165, 1.54) is 0 Å². The van der Waals surface area contributed by atoms with Crippen molar-refractivity contribution in [2.24, 2.45) is 17.1 Å². The fourth-order valence-corrected chi connectivity index (χ4v) is 3.65. The van der Waals surface area contributed by atoms with Crippen LogP contribution in [0, 0.1) is 11.3 Å². The highest BCUT2D eigenvalue weighted by atomic mass is 16.4. The molecule has 1 heterocycles. The Morgan fingerprint density at radius 2 is 1.95 bits per heavy atom. The van der Waals surface area contributed by atoms with E-state index in [4.69, 9.17) is 5.73 Å². The molecule has 1 amide bonds. The minimum Gasteiger partial charge on any atom is -0.480 e. The van der Waals surface area contributed by atoms with Crippen molar-refractivity contribution in [3.8, 4) is 0 Å². The first-order chi connectivity index (χ1) is 9.02. The SMILES string of the molecule is CC1CCCN(C(=O)C2(CN)CCCC2)C1C(=O)O. The Morgan fingerprint density at radius 1 is 1.32 bits per heavy atom. The zero-order chi connectivity index (χ0) is 14.0. The van der Waals surface area contributed by atoms with Crippen molar-refractivity contribution in [1.82, 2.24) is 4.90 Å². The smallest absolute Gasteiger partial charge is 0.326 e. The van der Waals surface area contributed by atoms with Crippen molar-refractivity contribution in [2.75, 3.05) is 13.1 Å². The lowest BCUT2D eigenvalue weighted by Gasteiger charge is -2.42. The molecule has 1 aliphatic carbocycles. The Hall–Kier alpha value is -1.10. The maximum atomic E-state index is 12.8. The summed E-state index contributed by atoms with van der Waals surface area (Å²) in [4.78, 5) is 25.9. The number of carboxylic acids is 1. The average molecular weight is 268 g/mol. The second-order valence-electron chi connectivity index (χ2n) is 6.09. The van der Waals surface area contributed by atoms with Crippen LogP contribution in [0.3, 0.4) is 0 Å². The van der Waals surface area contributed by atoms with Crippen LogP contribution in [0.15, 0.2) is 0 Å². The predicted molar refractivity (Wildman–Crippen MR) is 71.5 cm³/mol. The molecule has 2 unspecified atom stereocenters. The van der Waals surface area contributed by atoms with Gasteiger partial charge in [-0.3, -0.25) is 4.79 Å². The zero-order valence-electron chi connectivity index (χ0n) is 11.6. The van der Waals surface area contributed by atoms with Gasteiger partial charge in [0.15, 0.2) is 0 Å². The summed E-state index contributed by atoms with van der Waals surface area (Å²) in [6.45, 7) is 2.81. The number of likely N-dealkylation sites (tertiary alicyclic amines) is 1. The van der Waals surface area contributed by atoms with E-state index in [2.05, 4.69) is 0 Å². The van der Waals surface area contributed by atoms with Crippen molar-refractivity contribution in [3.05, 3.63) is 0 Å². The summed E-state index contributed by atoms with van der Waals surface area (Å²) >= 11 is 0. The molecule has 0 spiro atoms. The summed E-state index contributed by atoms with van der Waals surface area (Å²) in [5.74, 6) is -0.886. The first kappa shape index (κ1) is 14.3. The number of hydrogen-bond donors (Lipinski definition) is 2. The molecular weight excluding hydrogens is 244 g/mol. The molecule has 5 heteroatoms. The van der Waals surface area contributed by atoms with E-state index in [-0.39, 0.29) is 11.8 Å². The summed E-state index contributed by atoms with van der Waals surface area (Å²) in [7, 11) is 0. The molecule has 0 aromatic rings. The Kier molecular flexibility index (Phi) is 4.13. The largest absolute Gasteiger partial charge is 0.480 e. The molecule has 19 heavy (non-hydrogen) atoms. The van der Waals surface area contributed by atoms with E-state index in [0.29, 0.717) is 13.1 Å². The van der Waals surface area contributed by atoms with Gasteiger partial charge in [0.05, 0.1) is 5.41 Å². The number of nitrogens with two attached hydrogens (primary N) is 1. The van der Waals surface area contributed by atoms with E-state index >= 15 is 0 Å². The van der Waals surface area contributed by atoms with E-state index in [1.807, 2.05) is 6.92 Å². The number of carboxylic acid groups (broad SMARTS) is 1. The van der Waals surface area contributed by atoms with E-state index < -0.39 is 17.4 Å². The quantitative estimate of drug-likeness (QED) is 0.806. The van der Waals surface area contributed by atoms with Gasteiger partial charge in [-0.05, 0) is 31.6 Å². The van der Waals surface area contributed by atoms with Crippen LogP contribution in [0.1, 0.15) is 45.4 Å². The summed E-state index contributed by atoms with van der Waals surface area (Å²) in [6.07, 6.45) is 5.40. The lowest BCUT2D eigenvalue weighted by molar-refractivity contribution is -0.159. The van der Waals surface area contributed by atoms with Crippen LogP contribution in [-0.4, -0.2) is 41.0 Å². The first-order valence-corrected chi connectivity index (χ1v) is 7.26. The molecule has 0 bridgehead atoms. The van der Waals surface area contributed by atoms with Gasteiger partial charge < -0.3 is 15.7 Å². The Bertz CT molecular complexity index is 364. The van der Waals surface area contributed by atoms with Crippen molar-refractivity contribution < 1.29 is 14.7 Å². The van der Waals surface area contributed by atoms with Crippen LogP contribution in [0.25, 0.3) is 0 Å². The number of carbonyl (C=O) groups excluding carboxylic acids is 1. The van der Waals surface area contributed by atoms with Crippen LogP contribution >= 0.6 is 0 Å². The van der Waals surface area contributed by atoms with Gasteiger partial charge in [-0.15, -0.1) is 0 Å². The van der Waals surface area contributed by atoms with Crippen molar-refractivity contribution in [3.63, 3.8) is 0 Å². The molecule has 3 N–H and O–H groups in total. The molecule has 1 saturated heterocycles. The lowest BCUT2D eigenvalue weighted by Crippen LogP contribution is -2.57. The van der Waals surface area contributed by atoms with Crippen molar-refractivity contribution in [1.29, 1.82) is 0 Å². The predicted octanol–water partition coefficient (Wildman–Crippen LogP) is 1.22. The first-order valence-electron chi connectivity index (χ1n) is 7.26. The van der Waals surface area contributed by atoms with Crippen LogP contribution in [0.2, 0.25) is 0 Å². The molecular formula is C14H24N2O3. The highest BCUT2D eigenvalue weighted by Crippen LogP contribution is 2.40. The number of rotatable bonds is 3. The Labute approximate surface area is 114 Å². The maximum Gasteiger partial charge on any atom is 0.326 e. The average Bonchev–Trinajstić information content (AvgIpc) is 2.87. The molecule has 0 radical (unpaired) electrons. The Balaban J connectivity index is 2.22. The molecule has 5 nitrogen and oxygen atoms in total. The van der Waals surface area contributed by atoms with Crippen LogP contribution in [0.5, 0.6) is 0 Å². The van der Waals surface area contributed by atoms with Gasteiger partial charge in [-0.25, -0.2) is 4.79 Å². The van der Waals surface area contributed by atoms with Gasteiger partial charge in [0.25, 0.3) is 0 Å². The van der Waals surface area contributed by atoms with Gasteiger partial charge in [0.2, 0.25) is 5.91 Å². The van der Waals surface area contributed by atoms with Gasteiger partial charge >= 0.3 is 5.97 Å². The molecule has 1 aliphatic heterocycles. The van der Waals surface area contributed by atoms with Crippen LogP contribution in [0.4, 0.5) is 0 Å². The molecule has 0 aromatic carbocycles. The summed E-state index contributed by atoms with van der Waals surface area (Å²) < 4.78 is 0. The molecule has 108 valence electrons. The fourth-order valence-electron chi connectivity index (χ4n) is 3.65. The fraction of sp³-hybridized carbons (Fsp3) is 0.857. The molecule has 2 aliphatic rings. The lowest BCUT2D eigenvalue weighted by atomic mass is 9.81. The third-order valence-corrected chi connectivity index (χ3v) is 4.85. The summed E-state index contributed by atoms with van der Waals surface area (Å²) in [6, 6.07) is -0.676. The van der Waals surface area contributed by atoms with Gasteiger partial charge in [-0.2, -0.15) is 0 Å². The Morgan fingerprint density at radius 3 is 2.47 bits per heavy atom. The molecule has 2 atom stereocenters. The van der Waals surface area contributed by atoms with Crippen molar-refractivity contribution in [2.45, 2.75) is 51.5 Å². The van der Waals surface area contributed by atoms with Gasteiger partial charge in [0.1, 0.15) is 6.04 Å². The van der Waals surface area contributed by atoms with Crippen LogP contribution in [-0.2, 0) is 9.59 Å². The monoisotopic (exact) mass is 268 g/mol. The molecule has 2 rings (SSSR count). The number of carbonyl (C=O) groups is 2. The topological polar surface area (TPSA) is 83.6 Å². The third kappa shape index (κ3) is 2.48. The second kappa shape index (κ2) is 5.49. The van der Waals surface area contributed by atoms with E-state index in [9.17, 15) is 14.7 Å². The van der Waals surface area contributed by atoms with E-state index in [1.54, 1.807) is 4.90 Å². The number of amides is 1. The standard InChI is InChI=1S/C14H24N2O3/c1-10-5-4-8-16(11(10)12(17)18)13(19)14(9-15)6-2-3-7-14/h10-11H,2-9,15H2,1H3,(H,17,18). The van der Waals surface area contributed by atoms with Gasteiger partial charge in [0, 0.05) is 13.1 Å². The zero-order valence-corrected chi connectivity index (χ0v) is 11.6. The minimum atomic E-state index is -0.884. The summed E-state index contributed by atoms with van der Waals surface area (Å²) in [5, 5.41) is 9.40. The minimum absolute atomic E-state index is 0.0198. The number of piperidine rings is 1. The number of hydrogen-bond acceptors (Lipinski definition) is 3. The highest BCUT2D eigenvalue weighted by molar-refractivity contribution is 5.88. The normalized spacial score (nSPS) is 30.3. The third-order valence-electron chi connectivity index (χ3n) is 4.85. The van der Waals surface area contributed by atoms with Crippen LogP contribution < -0.4 is 5.73 Å². The number of nitrogens with zero attached hydrogens (tertiary/aromatic N) is 1. The molecule has 1 saturated carbocycles. The number of aliphatic carboxylic acids is 1. The van der Waals surface area contributed by atoms with E-state index in [0.717, 1.165) is 38.5 Å². The second-order valence-corrected chi connectivity index (χ2v) is 6.09. The summed E-state index contributed by atoms with van der Waals surface area (Å²) in [5.41, 5.74) is 5.34. The molecule has 2 fully saturated rings. The highest BCUT2D eigenvalue weighted by Gasteiger charge is 2.47. The van der Waals surface area contributed by atoms with Crippen molar-refractivity contribution >= 4 is 11.9 Å². The van der Waals surface area contributed by atoms with Gasteiger partial charge in [-0.1, -0.05) is 19.8 Å².